The van der Waals surface area contributed by atoms with Crippen LogP contribution in [-0.4, -0.2) is 19.1 Å². The molecule has 3 rings (SSSR count). The van der Waals surface area contributed by atoms with Gasteiger partial charge in [-0.05, 0) is 48.9 Å². The van der Waals surface area contributed by atoms with Gasteiger partial charge < -0.3 is 14.8 Å². The molecule has 0 aliphatic heterocycles. The maximum absolute atomic E-state index is 12.4. The molecule has 0 aliphatic carbocycles. The second-order valence-corrected chi connectivity index (χ2v) is 7.28. The number of rotatable bonds is 8. The van der Waals surface area contributed by atoms with Crippen molar-refractivity contribution in [2.45, 2.75) is 23.7 Å². The third-order valence-corrected chi connectivity index (χ3v) is 5.18. The van der Waals surface area contributed by atoms with E-state index in [-0.39, 0.29) is 5.91 Å². The van der Waals surface area contributed by atoms with E-state index >= 15 is 0 Å². The predicted octanol–water partition coefficient (Wildman–Crippen LogP) is 5.39. The Morgan fingerprint density at radius 3 is 2.39 bits per heavy atom. The molecule has 5 heteroatoms. The van der Waals surface area contributed by atoms with Crippen molar-refractivity contribution in [3.8, 4) is 11.5 Å². The van der Waals surface area contributed by atoms with Crippen LogP contribution in [-0.2, 0) is 10.5 Å². The largest absolute Gasteiger partial charge is 0.497 e. The van der Waals surface area contributed by atoms with Gasteiger partial charge in [0.15, 0.2) is 6.10 Å². The van der Waals surface area contributed by atoms with Crippen molar-refractivity contribution in [2.75, 3.05) is 12.4 Å². The quantitative estimate of drug-likeness (QED) is 0.521. The first-order chi connectivity index (χ1) is 13.6. The van der Waals surface area contributed by atoms with Gasteiger partial charge >= 0.3 is 0 Å². The average Bonchev–Trinajstić information content (AvgIpc) is 2.74. The van der Waals surface area contributed by atoms with Gasteiger partial charge in [0.2, 0.25) is 0 Å². The molecule has 3 aromatic rings. The Balaban J connectivity index is 1.51. The maximum Gasteiger partial charge on any atom is 0.265 e. The first-order valence-electron chi connectivity index (χ1n) is 9.02. The van der Waals surface area contributed by atoms with Crippen molar-refractivity contribution in [3.05, 3.63) is 84.4 Å². The number of hydrogen-bond donors (Lipinski definition) is 1. The summed E-state index contributed by atoms with van der Waals surface area (Å²) in [4.78, 5) is 13.6. The van der Waals surface area contributed by atoms with Gasteiger partial charge in [0.05, 0.1) is 7.11 Å². The SMILES string of the molecule is COc1cccc(O[C@H](C)C(=O)Nc2ccc(CSc3ccccc3)cc2)c1. The summed E-state index contributed by atoms with van der Waals surface area (Å²) in [7, 11) is 1.59. The molecule has 0 radical (unpaired) electrons. The zero-order chi connectivity index (χ0) is 19.8. The molecule has 0 saturated heterocycles. The van der Waals surface area contributed by atoms with E-state index in [0.29, 0.717) is 11.5 Å². The van der Waals surface area contributed by atoms with Crippen molar-refractivity contribution < 1.29 is 14.3 Å². The van der Waals surface area contributed by atoms with Crippen LogP contribution in [0.1, 0.15) is 12.5 Å². The number of carbonyl (C=O) groups is 1. The third kappa shape index (κ3) is 5.79. The van der Waals surface area contributed by atoms with Crippen LogP contribution in [0.3, 0.4) is 0 Å². The number of amides is 1. The van der Waals surface area contributed by atoms with E-state index < -0.39 is 6.10 Å². The second kappa shape index (κ2) is 9.85. The van der Waals surface area contributed by atoms with E-state index in [1.807, 2.05) is 54.6 Å². The summed E-state index contributed by atoms with van der Waals surface area (Å²) in [6.45, 7) is 1.72. The minimum absolute atomic E-state index is 0.200. The molecule has 0 heterocycles. The lowest BCUT2D eigenvalue weighted by Crippen LogP contribution is -2.30. The number of benzene rings is 3. The normalized spacial score (nSPS) is 11.5. The number of hydrogen-bond acceptors (Lipinski definition) is 4. The van der Waals surface area contributed by atoms with E-state index in [1.54, 1.807) is 37.9 Å². The van der Waals surface area contributed by atoms with Crippen LogP contribution in [0, 0.1) is 0 Å². The number of thioether (sulfide) groups is 1. The summed E-state index contributed by atoms with van der Waals surface area (Å²) in [5.74, 6) is 1.96. The van der Waals surface area contributed by atoms with Crippen LogP contribution in [0.15, 0.2) is 83.8 Å². The summed E-state index contributed by atoms with van der Waals surface area (Å²) in [5.41, 5.74) is 1.95. The van der Waals surface area contributed by atoms with Crippen LogP contribution < -0.4 is 14.8 Å². The van der Waals surface area contributed by atoms with Gasteiger partial charge in [-0.1, -0.05) is 36.4 Å². The molecular formula is C23H23NO3S. The molecule has 3 aromatic carbocycles. The third-order valence-electron chi connectivity index (χ3n) is 4.09. The van der Waals surface area contributed by atoms with Crippen LogP contribution in [0.25, 0.3) is 0 Å². The van der Waals surface area contributed by atoms with Gasteiger partial charge in [0, 0.05) is 22.4 Å². The number of anilines is 1. The highest BCUT2D eigenvalue weighted by molar-refractivity contribution is 7.98. The Bertz CT molecular complexity index is 897. The van der Waals surface area contributed by atoms with Gasteiger partial charge in [-0.3, -0.25) is 4.79 Å². The van der Waals surface area contributed by atoms with E-state index in [4.69, 9.17) is 9.47 Å². The molecule has 0 aliphatic rings. The van der Waals surface area contributed by atoms with Gasteiger partial charge in [0.1, 0.15) is 11.5 Å². The Kier molecular flexibility index (Phi) is 6.98. The molecule has 0 bridgehead atoms. The molecule has 4 nitrogen and oxygen atoms in total. The molecule has 1 atom stereocenters. The van der Waals surface area contributed by atoms with Crippen LogP contribution >= 0.6 is 11.8 Å². The summed E-state index contributed by atoms with van der Waals surface area (Å²) >= 11 is 1.78. The number of methoxy groups -OCH3 is 1. The fourth-order valence-electron chi connectivity index (χ4n) is 2.54. The first kappa shape index (κ1) is 19.8. The van der Waals surface area contributed by atoms with E-state index in [0.717, 1.165) is 11.4 Å². The molecule has 144 valence electrons. The average molecular weight is 394 g/mol. The minimum Gasteiger partial charge on any atom is -0.497 e. The Morgan fingerprint density at radius 1 is 0.964 bits per heavy atom. The Morgan fingerprint density at radius 2 is 1.68 bits per heavy atom. The van der Waals surface area contributed by atoms with Gasteiger partial charge in [-0.15, -0.1) is 11.8 Å². The highest BCUT2D eigenvalue weighted by Gasteiger charge is 2.15. The van der Waals surface area contributed by atoms with Gasteiger partial charge in [-0.2, -0.15) is 0 Å². The lowest BCUT2D eigenvalue weighted by Gasteiger charge is -2.15. The molecular weight excluding hydrogens is 370 g/mol. The van der Waals surface area contributed by atoms with Crippen LogP contribution in [0.5, 0.6) is 11.5 Å². The predicted molar refractivity (Wildman–Crippen MR) is 114 cm³/mol. The second-order valence-electron chi connectivity index (χ2n) is 6.23. The van der Waals surface area contributed by atoms with Crippen molar-refractivity contribution >= 4 is 23.4 Å². The van der Waals surface area contributed by atoms with Crippen LogP contribution in [0.4, 0.5) is 5.69 Å². The zero-order valence-corrected chi connectivity index (χ0v) is 16.7. The molecule has 0 aromatic heterocycles. The Labute approximate surface area is 169 Å². The molecule has 0 fully saturated rings. The van der Waals surface area contributed by atoms with E-state index in [1.165, 1.54) is 10.5 Å². The zero-order valence-electron chi connectivity index (χ0n) is 15.9. The standard InChI is InChI=1S/C23H23NO3S/c1-17(27-21-8-6-7-20(15-21)26-2)23(25)24-19-13-11-18(12-14-19)16-28-22-9-4-3-5-10-22/h3-15,17H,16H2,1-2H3,(H,24,25)/t17-/m1/s1. The summed E-state index contributed by atoms with van der Waals surface area (Å²) in [5, 5.41) is 2.89. The van der Waals surface area contributed by atoms with Crippen molar-refractivity contribution in [3.63, 3.8) is 0 Å². The van der Waals surface area contributed by atoms with Crippen molar-refractivity contribution in [1.82, 2.24) is 0 Å². The lowest BCUT2D eigenvalue weighted by molar-refractivity contribution is -0.122. The number of carbonyl (C=O) groups excluding carboxylic acids is 1. The van der Waals surface area contributed by atoms with Crippen molar-refractivity contribution in [1.29, 1.82) is 0 Å². The van der Waals surface area contributed by atoms with E-state index in [9.17, 15) is 4.79 Å². The molecule has 0 unspecified atom stereocenters. The highest BCUT2D eigenvalue weighted by atomic mass is 32.2. The Hall–Kier alpha value is -2.92. The fourth-order valence-corrected chi connectivity index (χ4v) is 3.42. The summed E-state index contributed by atoms with van der Waals surface area (Å²) in [6.07, 6.45) is -0.625. The van der Waals surface area contributed by atoms with Crippen molar-refractivity contribution in [2.24, 2.45) is 0 Å². The maximum atomic E-state index is 12.4. The molecule has 0 saturated carbocycles. The monoisotopic (exact) mass is 393 g/mol. The minimum atomic E-state index is -0.625. The summed E-state index contributed by atoms with van der Waals surface area (Å²) in [6, 6.07) is 25.4. The molecule has 0 spiro atoms. The summed E-state index contributed by atoms with van der Waals surface area (Å²) < 4.78 is 10.9. The van der Waals surface area contributed by atoms with Gasteiger partial charge in [0.25, 0.3) is 5.91 Å². The molecule has 1 amide bonds. The molecule has 28 heavy (non-hydrogen) atoms. The lowest BCUT2D eigenvalue weighted by atomic mass is 10.2. The number of ether oxygens (including phenoxy) is 2. The topological polar surface area (TPSA) is 47.6 Å². The first-order valence-corrected chi connectivity index (χ1v) is 10.0. The fraction of sp³-hybridized carbons (Fsp3) is 0.174. The van der Waals surface area contributed by atoms with Gasteiger partial charge in [-0.25, -0.2) is 0 Å². The molecule has 1 N–H and O–H groups in total. The van der Waals surface area contributed by atoms with E-state index in [2.05, 4.69) is 17.4 Å². The highest BCUT2D eigenvalue weighted by Crippen LogP contribution is 2.23. The van der Waals surface area contributed by atoms with Crippen LogP contribution in [0.2, 0.25) is 0 Å². The number of nitrogens with one attached hydrogen (secondary N) is 1. The smallest absolute Gasteiger partial charge is 0.265 e.